The number of para-hydroxylation sites is 1. The number of carbonyl (C=O) groups is 2. The number of benzene rings is 2. The minimum Gasteiger partial charge on any atom is -0.457 e. The molecule has 4 rings (SSSR count). The topological polar surface area (TPSA) is 104 Å². The molecule has 2 atom stereocenters. The fourth-order valence-electron chi connectivity index (χ4n) is 4.26. The Balaban J connectivity index is 1.40. The molecule has 0 unspecified atom stereocenters. The fourth-order valence-corrected chi connectivity index (χ4v) is 5.01. The second kappa shape index (κ2) is 12.0. The van der Waals surface area contributed by atoms with Crippen LogP contribution in [0.15, 0.2) is 66.0 Å². The summed E-state index contributed by atoms with van der Waals surface area (Å²) in [5.41, 5.74) is 0.638. The molecule has 1 aromatic heterocycles. The van der Waals surface area contributed by atoms with Crippen LogP contribution in [0.2, 0.25) is 0 Å². The number of hydrogen-bond acceptors (Lipinski definition) is 7. The summed E-state index contributed by atoms with van der Waals surface area (Å²) in [6.07, 6.45) is 0.469. The number of ether oxygens (including phenoxy) is 2. The maximum absolute atomic E-state index is 13.2. The molecular formula is C29H32N4O4S. The Hall–Kier alpha value is -4.03. The van der Waals surface area contributed by atoms with E-state index in [4.69, 9.17) is 9.47 Å². The number of hydrogen-bond donors (Lipinski definition) is 2. The van der Waals surface area contributed by atoms with E-state index in [0.29, 0.717) is 36.6 Å². The van der Waals surface area contributed by atoms with Crippen LogP contribution >= 0.6 is 11.3 Å². The second-order valence-electron chi connectivity index (χ2n) is 10.1. The van der Waals surface area contributed by atoms with Crippen molar-refractivity contribution in [3.8, 4) is 17.6 Å². The van der Waals surface area contributed by atoms with E-state index in [2.05, 4.69) is 21.6 Å². The van der Waals surface area contributed by atoms with Gasteiger partial charge in [0.25, 0.3) is 0 Å². The number of amides is 2. The van der Waals surface area contributed by atoms with Gasteiger partial charge in [-0.2, -0.15) is 5.26 Å². The Bertz CT molecular complexity index is 1280. The average molecular weight is 533 g/mol. The lowest BCUT2D eigenvalue weighted by molar-refractivity contribution is -0.123. The van der Waals surface area contributed by atoms with E-state index in [1.165, 1.54) is 11.3 Å². The molecular weight excluding hydrogens is 500 g/mol. The van der Waals surface area contributed by atoms with Crippen molar-refractivity contribution in [3.63, 3.8) is 0 Å². The Kier molecular flexibility index (Phi) is 8.54. The van der Waals surface area contributed by atoms with E-state index < -0.39 is 17.7 Å². The fraction of sp³-hybridized carbons (Fsp3) is 0.345. The third kappa shape index (κ3) is 7.49. The van der Waals surface area contributed by atoms with Crippen molar-refractivity contribution in [1.82, 2.24) is 10.6 Å². The van der Waals surface area contributed by atoms with Gasteiger partial charge in [-0.3, -0.25) is 4.79 Å². The van der Waals surface area contributed by atoms with E-state index in [1.54, 1.807) is 26.8 Å². The van der Waals surface area contributed by atoms with E-state index in [1.807, 2.05) is 60.0 Å². The molecule has 8 nitrogen and oxygen atoms in total. The highest BCUT2D eigenvalue weighted by Gasteiger charge is 2.30. The van der Waals surface area contributed by atoms with Crippen LogP contribution in [0.25, 0.3) is 0 Å². The molecule has 1 fully saturated rings. The zero-order valence-corrected chi connectivity index (χ0v) is 22.6. The highest BCUT2D eigenvalue weighted by molar-refractivity contribution is 7.09. The first kappa shape index (κ1) is 27.0. The van der Waals surface area contributed by atoms with Crippen molar-refractivity contribution in [2.24, 2.45) is 0 Å². The molecule has 2 amide bonds. The second-order valence-corrected chi connectivity index (χ2v) is 11.2. The van der Waals surface area contributed by atoms with Gasteiger partial charge in [0.2, 0.25) is 5.91 Å². The first-order valence-corrected chi connectivity index (χ1v) is 13.4. The lowest BCUT2D eigenvalue weighted by atomic mass is 10.1. The summed E-state index contributed by atoms with van der Waals surface area (Å²) >= 11 is 1.53. The van der Waals surface area contributed by atoms with Gasteiger partial charge in [0.05, 0.1) is 11.3 Å². The standard InChI is InChI=1S/C29H32N4O4S/c1-29(2,3)37-28(35)32-25(17-24-10-7-15-38-24)27(34)31-21-13-14-33(19-21)26-12-11-23(16-20(26)18-30)36-22-8-5-4-6-9-22/h4-12,15-16,21,25H,13-14,17,19H2,1-3H3,(H,31,34)(H,32,35)/t21-,25-/m0/s1. The van der Waals surface area contributed by atoms with Crippen molar-refractivity contribution in [2.45, 2.75) is 51.3 Å². The quantitative estimate of drug-likeness (QED) is 0.411. The van der Waals surface area contributed by atoms with Gasteiger partial charge in [-0.15, -0.1) is 11.3 Å². The molecule has 198 valence electrons. The van der Waals surface area contributed by atoms with E-state index in [0.717, 1.165) is 17.0 Å². The van der Waals surface area contributed by atoms with Gasteiger partial charge in [-0.1, -0.05) is 24.3 Å². The van der Waals surface area contributed by atoms with Crippen LogP contribution in [-0.4, -0.2) is 42.8 Å². The van der Waals surface area contributed by atoms with Crippen LogP contribution in [0.5, 0.6) is 11.5 Å². The van der Waals surface area contributed by atoms with Gasteiger partial charge in [-0.25, -0.2) is 4.79 Å². The number of thiophene rings is 1. The Labute approximate surface area is 227 Å². The molecule has 0 radical (unpaired) electrons. The van der Waals surface area contributed by atoms with Gasteiger partial charge in [0.15, 0.2) is 0 Å². The molecule has 2 N–H and O–H groups in total. The lowest BCUT2D eigenvalue weighted by Crippen LogP contribution is -2.52. The molecule has 2 aromatic carbocycles. The molecule has 1 aliphatic rings. The molecule has 2 heterocycles. The molecule has 9 heteroatoms. The van der Waals surface area contributed by atoms with Gasteiger partial charge in [0.1, 0.15) is 29.2 Å². The summed E-state index contributed by atoms with van der Waals surface area (Å²) in [6, 6.07) is 20.1. The van der Waals surface area contributed by atoms with Gasteiger partial charge >= 0.3 is 6.09 Å². The maximum Gasteiger partial charge on any atom is 0.408 e. The SMILES string of the molecule is CC(C)(C)OC(=O)N[C@@H](Cc1cccs1)C(=O)N[C@H]1CCN(c2ccc(Oc3ccccc3)cc2C#N)C1. The van der Waals surface area contributed by atoms with Crippen molar-refractivity contribution < 1.29 is 19.1 Å². The molecule has 0 aliphatic carbocycles. The number of rotatable bonds is 8. The van der Waals surface area contributed by atoms with E-state index >= 15 is 0 Å². The zero-order valence-electron chi connectivity index (χ0n) is 21.8. The number of nitriles is 1. The zero-order chi connectivity index (χ0) is 27.1. The van der Waals surface area contributed by atoms with Crippen LogP contribution in [-0.2, 0) is 16.0 Å². The van der Waals surface area contributed by atoms with Gasteiger partial charge in [0, 0.05) is 36.5 Å². The molecule has 1 aliphatic heterocycles. The highest BCUT2D eigenvalue weighted by atomic mass is 32.1. The van der Waals surface area contributed by atoms with Crippen LogP contribution in [0.3, 0.4) is 0 Å². The number of anilines is 1. The number of alkyl carbamates (subject to hydrolysis) is 1. The summed E-state index contributed by atoms with van der Waals surface area (Å²) in [6.45, 7) is 6.59. The monoisotopic (exact) mass is 532 g/mol. The van der Waals surface area contributed by atoms with Crippen LogP contribution in [0.4, 0.5) is 10.5 Å². The predicted octanol–water partition coefficient (Wildman–Crippen LogP) is 5.24. The van der Waals surface area contributed by atoms with Crippen molar-refractivity contribution in [1.29, 1.82) is 5.26 Å². The van der Waals surface area contributed by atoms with Crippen molar-refractivity contribution in [2.75, 3.05) is 18.0 Å². The van der Waals surface area contributed by atoms with Crippen molar-refractivity contribution in [3.05, 3.63) is 76.5 Å². The summed E-state index contributed by atoms with van der Waals surface area (Å²) in [4.78, 5) is 28.8. The van der Waals surface area contributed by atoms with Crippen molar-refractivity contribution >= 4 is 29.0 Å². The van der Waals surface area contributed by atoms with Gasteiger partial charge in [-0.05, 0) is 62.9 Å². The Morgan fingerprint density at radius 2 is 1.92 bits per heavy atom. The summed E-state index contributed by atoms with van der Waals surface area (Å²) in [5, 5.41) is 17.6. The smallest absolute Gasteiger partial charge is 0.408 e. The molecule has 0 spiro atoms. The number of carbonyl (C=O) groups excluding carboxylic acids is 2. The first-order valence-electron chi connectivity index (χ1n) is 12.5. The molecule has 0 saturated carbocycles. The third-order valence-electron chi connectivity index (χ3n) is 5.94. The first-order chi connectivity index (χ1) is 18.2. The largest absolute Gasteiger partial charge is 0.457 e. The normalized spacial score (nSPS) is 15.8. The number of nitrogens with zero attached hydrogens (tertiary/aromatic N) is 2. The summed E-state index contributed by atoms with van der Waals surface area (Å²) in [7, 11) is 0. The minimum absolute atomic E-state index is 0.124. The van der Waals surface area contributed by atoms with Crippen LogP contribution < -0.4 is 20.3 Å². The van der Waals surface area contributed by atoms with E-state index in [-0.39, 0.29) is 11.9 Å². The third-order valence-corrected chi connectivity index (χ3v) is 6.83. The molecule has 1 saturated heterocycles. The van der Waals surface area contributed by atoms with Crippen LogP contribution in [0, 0.1) is 11.3 Å². The van der Waals surface area contributed by atoms with E-state index in [9.17, 15) is 14.9 Å². The molecule has 3 aromatic rings. The minimum atomic E-state index is -0.762. The average Bonchev–Trinajstić information content (AvgIpc) is 3.55. The molecule has 38 heavy (non-hydrogen) atoms. The Morgan fingerprint density at radius 3 is 2.61 bits per heavy atom. The summed E-state index contributed by atoms with van der Waals surface area (Å²) < 4.78 is 11.3. The molecule has 0 bridgehead atoms. The number of nitrogens with one attached hydrogen (secondary N) is 2. The summed E-state index contributed by atoms with van der Waals surface area (Å²) in [5.74, 6) is 1.03. The highest BCUT2D eigenvalue weighted by Crippen LogP contribution is 2.30. The lowest BCUT2D eigenvalue weighted by Gasteiger charge is -2.24. The van der Waals surface area contributed by atoms with Crippen LogP contribution in [0.1, 0.15) is 37.6 Å². The predicted molar refractivity (Wildman–Crippen MR) is 148 cm³/mol. The Morgan fingerprint density at radius 1 is 1.13 bits per heavy atom. The maximum atomic E-state index is 13.2. The van der Waals surface area contributed by atoms with Gasteiger partial charge < -0.3 is 25.0 Å².